The molecule has 3 rings (SSSR count). The van der Waals surface area contributed by atoms with Gasteiger partial charge in [0.2, 0.25) is 17.7 Å². The molecule has 0 saturated heterocycles. The molecule has 0 aromatic heterocycles. The molecule has 3 unspecified atom stereocenters. The van der Waals surface area contributed by atoms with Gasteiger partial charge in [0.15, 0.2) is 0 Å². The van der Waals surface area contributed by atoms with E-state index in [9.17, 15) is 28.8 Å². The Kier molecular flexibility index (Phi) is 21.6. The zero-order valence-electron chi connectivity index (χ0n) is 36.1. The second-order valence-electron chi connectivity index (χ2n) is 15.5. The first-order chi connectivity index (χ1) is 29.2. The molecule has 0 aliphatic heterocycles. The van der Waals surface area contributed by atoms with E-state index in [-0.39, 0.29) is 57.2 Å². The van der Waals surface area contributed by atoms with Crippen LogP contribution in [0.2, 0.25) is 0 Å². The lowest BCUT2D eigenvalue weighted by atomic mass is 10.0. The van der Waals surface area contributed by atoms with Gasteiger partial charge < -0.3 is 46.1 Å². The van der Waals surface area contributed by atoms with Crippen LogP contribution in [0.1, 0.15) is 58.2 Å². The zero-order valence-corrected chi connectivity index (χ0v) is 36.1. The third kappa shape index (κ3) is 19.2. The fraction of sp³-hybridized carbons (Fsp3) is 0.467. The van der Waals surface area contributed by atoms with Crippen molar-refractivity contribution in [2.45, 2.75) is 79.5 Å². The molecule has 0 saturated carbocycles. The van der Waals surface area contributed by atoms with Crippen LogP contribution in [0.3, 0.4) is 0 Å². The number of hydrogen-bond acceptors (Lipinski definition) is 10. The van der Waals surface area contributed by atoms with E-state index in [1.807, 2.05) is 137 Å². The summed E-state index contributed by atoms with van der Waals surface area (Å²) >= 11 is 0. The molecule has 6 amide bonds. The molecule has 332 valence electrons. The van der Waals surface area contributed by atoms with Crippen molar-refractivity contribution in [1.29, 1.82) is 0 Å². The van der Waals surface area contributed by atoms with Crippen molar-refractivity contribution in [2.24, 2.45) is 17.8 Å². The van der Waals surface area contributed by atoms with Gasteiger partial charge in [-0.25, -0.2) is 14.4 Å². The molecule has 0 bridgehead atoms. The first kappa shape index (κ1) is 49.2. The number of hydrogen-bond donors (Lipinski definition) is 6. The predicted molar refractivity (Wildman–Crippen MR) is 231 cm³/mol. The van der Waals surface area contributed by atoms with Gasteiger partial charge in [-0.15, -0.1) is 0 Å². The third-order valence-corrected chi connectivity index (χ3v) is 9.49. The van der Waals surface area contributed by atoms with E-state index in [0.29, 0.717) is 19.6 Å². The van der Waals surface area contributed by atoms with Gasteiger partial charge in [0.05, 0.1) is 0 Å². The molecule has 61 heavy (non-hydrogen) atoms. The molecule has 0 fully saturated rings. The molecule has 3 atom stereocenters. The number of nitrogens with one attached hydrogen (secondary N) is 6. The number of carbonyl (C=O) groups is 6. The van der Waals surface area contributed by atoms with Crippen molar-refractivity contribution in [3.05, 3.63) is 108 Å². The Morgan fingerprint density at radius 2 is 0.672 bits per heavy atom. The SMILES string of the molecule is CC(C)C(NC(=O)OCc1ccccc1)C(=O)NCCN(CCNC(=O)C(NC(=O)OCc1ccccc1)C(C)C)CCNC(=O)C(NC(=O)OCc1ccccc1)C(C)C. The van der Waals surface area contributed by atoms with E-state index >= 15 is 0 Å². The maximum atomic E-state index is 13.3. The number of ether oxygens (including phenoxy) is 3. The number of benzene rings is 3. The molecule has 0 aliphatic carbocycles. The van der Waals surface area contributed by atoms with Gasteiger partial charge in [-0.3, -0.25) is 19.3 Å². The minimum atomic E-state index is -0.866. The molecule has 6 N–H and O–H groups in total. The van der Waals surface area contributed by atoms with Crippen LogP contribution in [0.4, 0.5) is 14.4 Å². The Bertz CT molecular complexity index is 1590. The Balaban J connectivity index is 1.58. The zero-order chi connectivity index (χ0) is 44.6. The average molecular weight is 846 g/mol. The van der Waals surface area contributed by atoms with Crippen LogP contribution in [0, 0.1) is 17.8 Å². The minimum Gasteiger partial charge on any atom is -0.445 e. The fourth-order valence-corrected chi connectivity index (χ4v) is 5.96. The standard InChI is InChI=1S/C45H63N7O9/c1-31(2)37(49-43(56)59-28-34-16-10-7-11-17-34)40(53)46-22-25-52(26-23-47-41(54)38(32(3)4)50-44(57)60-29-35-18-12-8-13-19-35)27-24-48-42(55)39(33(5)6)51-45(58)61-30-36-20-14-9-15-21-36/h7-21,31-33,37-39H,22-30H2,1-6H3,(H,46,53)(H,47,54)(H,48,55)(H,49,56)(H,50,57)(H,51,58). The molecular formula is C45H63N7O9. The highest BCUT2D eigenvalue weighted by Crippen LogP contribution is 2.08. The van der Waals surface area contributed by atoms with Crippen molar-refractivity contribution in [3.8, 4) is 0 Å². The van der Waals surface area contributed by atoms with Crippen LogP contribution in [0.5, 0.6) is 0 Å². The topological polar surface area (TPSA) is 206 Å². The monoisotopic (exact) mass is 845 g/mol. The first-order valence-corrected chi connectivity index (χ1v) is 20.7. The fourth-order valence-electron chi connectivity index (χ4n) is 5.96. The van der Waals surface area contributed by atoms with E-state index in [1.54, 1.807) is 0 Å². The van der Waals surface area contributed by atoms with Crippen molar-refractivity contribution in [2.75, 3.05) is 39.3 Å². The van der Waals surface area contributed by atoms with E-state index in [0.717, 1.165) is 16.7 Å². The highest BCUT2D eigenvalue weighted by molar-refractivity contribution is 5.87. The maximum absolute atomic E-state index is 13.3. The Labute approximate surface area is 359 Å². The van der Waals surface area contributed by atoms with Gasteiger partial charge in [-0.05, 0) is 34.4 Å². The summed E-state index contributed by atoms with van der Waals surface area (Å²) in [5.41, 5.74) is 2.43. The minimum absolute atomic E-state index is 0.0553. The first-order valence-electron chi connectivity index (χ1n) is 20.7. The van der Waals surface area contributed by atoms with Crippen LogP contribution in [-0.4, -0.2) is 98.3 Å². The van der Waals surface area contributed by atoms with Crippen LogP contribution < -0.4 is 31.9 Å². The van der Waals surface area contributed by atoms with Crippen molar-refractivity contribution in [3.63, 3.8) is 0 Å². The summed E-state index contributed by atoms with van der Waals surface area (Å²) < 4.78 is 16.0. The molecule has 0 radical (unpaired) electrons. The summed E-state index contributed by atoms with van der Waals surface area (Å²) in [4.78, 5) is 79.6. The van der Waals surface area contributed by atoms with Gasteiger partial charge in [0.1, 0.15) is 37.9 Å². The molecule has 16 heteroatoms. The number of carbonyl (C=O) groups excluding carboxylic acids is 6. The van der Waals surface area contributed by atoms with Crippen LogP contribution in [0.25, 0.3) is 0 Å². The van der Waals surface area contributed by atoms with E-state index in [4.69, 9.17) is 14.2 Å². The number of amides is 6. The van der Waals surface area contributed by atoms with Gasteiger partial charge >= 0.3 is 18.3 Å². The number of nitrogens with zero attached hydrogens (tertiary/aromatic N) is 1. The Morgan fingerprint density at radius 1 is 0.426 bits per heavy atom. The van der Waals surface area contributed by atoms with E-state index in [1.165, 1.54) is 0 Å². The predicted octanol–water partition coefficient (Wildman–Crippen LogP) is 4.49. The number of rotatable bonds is 24. The van der Waals surface area contributed by atoms with Gasteiger partial charge in [0, 0.05) is 39.3 Å². The van der Waals surface area contributed by atoms with Crippen molar-refractivity contribution in [1.82, 2.24) is 36.8 Å². The normalized spacial score (nSPS) is 12.5. The third-order valence-electron chi connectivity index (χ3n) is 9.49. The summed E-state index contributed by atoms with van der Waals surface area (Å²) in [6, 6.07) is 25.0. The quantitative estimate of drug-likeness (QED) is 0.0698. The smallest absolute Gasteiger partial charge is 0.408 e. The lowest BCUT2D eigenvalue weighted by Gasteiger charge is -2.26. The molecular weight excluding hydrogens is 783 g/mol. The van der Waals surface area contributed by atoms with Crippen LogP contribution in [0.15, 0.2) is 91.0 Å². The Morgan fingerprint density at radius 3 is 0.902 bits per heavy atom. The van der Waals surface area contributed by atoms with Crippen LogP contribution in [-0.2, 0) is 48.4 Å². The van der Waals surface area contributed by atoms with E-state index in [2.05, 4.69) is 31.9 Å². The largest absolute Gasteiger partial charge is 0.445 e. The molecule has 0 spiro atoms. The van der Waals surface area contributed by atoms with Gasteiger partial charge in [-0.2, -0.15) is 0 Å². The molecule has 16 nitrogen and oxygen atoms in total. The summed E-state index contributed by atoms with van der Waals surface area (Å²) in [6.07, 6.45) is -2.16. The second-order valence-corrected chi connectivity index (χ2v) is 15.5. The second kappa shape index (κ2) is 26.8. The molecule has 3 aromatic rings. The summed E-state index contributed by atoms with van der Waals surface area (Å²) in [5.74, 6) is -1.94. The van der Waals surface area contributed by atoms with Gasteiger partial charge in [0.25, 0.3) is 0 Å². The summed E-state index contributed by atoms with van der Waals surface area (Å²) in [7, 11) is 0. The van der Waals surface area contributed by atoms with Gasteiger partial charge in [-0.1, -0.05) is 133 Å². The van der Waals surface area contributed by atoms with Crippen LogP contribution >= 0.6 is 0 Å². The lowest BCUT2D eigenvalue weighted by molar-refractivity contribution is -0.124. The highest BCUT2D eigenvalue weighted by Gasteiger charge is 2.27. The van der Waals surface area contributed by atoms with E-state index < -0.39 is 54.1 Å². The van der Waals surface area contributed by atoms with Crippen molar-refractivity contribution >= 4 is 36.0 Å². The van der Waals surface area contributed by atoms with Crippen molar-refractivity contribution < 1.29 is 43.0 Å². The molecule has 0 aliphatic rings. The summed E-state index contributed by atoms with van der Waals surface area (Å²) in [5, 5.41) is 16.6. The average Bonchev–Trinajstić information content (AvgIpc) is 3.24. The maximum Gasteiger partial charge on any atom is 0.408 e. The Hall–Kier alpha value is -6.16. The molecule has 0 heterocycles. The lowest BCUT2D eigenvalue weighted by Crippen LogP contribution is -2.53. The molecule has 3 aromatic carbocycles. The summed E-state index contributed by atoms with van der Waals surface area (Å²) in [6.45, 7) is 12.5. The highest BCUT2D eigenvalue weighted by atomic mass is 16.6. The number of alkyl carbamates (subject to hydrolysis) is 3.